The fraction of sp³-hybridized carbons (Fsp3) is 0.280. The van der Waals surface area contributed by atoms with E-state index in [2.05, 4.69) is 31.2 Å². The number of hydrogen-bond acceptors (Lipinski definition) is 5. The predicted molar refractivity (Wildman–Crippen MR) is 218 cm³/mol. The van der Waals surface area contributed by atoms with Gasteiger partial charge in [0.05, 0.1) is 39.1 Å². The van der Waals surface area contributed by atoms with Gasteiger partial charge in [0.1, 0.15) is 23.6 Å². The van der Waals surface area contributed by atoms with Gasteiger partial charge in [0, 0.05) is 11.5 Å². The van der Waals surface area contributed by atoms with E-state index in [1.807, 2.05) is 127 Å². The van der Waals surface area contributed by atoms with Gasteiger partial charge >= 0.3 is 0 Å². The fourth-order valence-electron chi connectivity index (χ4n) is 7.75. The Morgan fingerprint density at radius 1 is 0.536 bits per heavy atom. The maximum Gasteiger partial charge on any atom is 0.129 e. The summed E-state index contributed by atoms with van der Waals surface area (Å²) in [7, 11) is 0. The topological polar surface area (TPSA) is 57.2 Å². The predicted octanol–water partition coefficient (Wildman–Crippen LogP) is 10.2. The zero-order chi connectivity index (χ0) is 38.6. The number of benzene rings is 6. The molecular weight excluding hydrogens is 700 g/mol. The zero-order valence-corrected chi connectivity index (χ0v) is 32.0. The summed E-state index contributed by atoms with van der Waals surface area (Å²) >= 11 is 0. The van der Waals surface area contributed by atoms with Crippen molar-refractivity contribution in [3.8, 4) is 0 Å². The number of ether oxygens (including phenoxy) is 4. The molecule has 7 rings (SSSR count). The summed E-state index contributed by atoms with van der Waals surface area (Å²) in [5.41, 5.74) is 5.56. The van der Waals surface area contributed by atoms with Crippen LogP contribution in [-0.2, 0) is 63.8 Å². The minimum absolute atomic E-state index is 0.122. The Bertz CT molecular complexity index is 2060. The van der Waals surface area contributed by atoms with Crippen molar-refractivity contribution in [3.63, 3.8) is 0 Å². The maximum atomic E-state index is 16.5. The molecule has 5 atom stereocenters. The Hall–Kier alpha value is -4.95. The molecule has 0 bridgehead atoms. The van der Waals surface area contributed by atoms with E-state index in [-0.39, 0.29) is 31.8 Å². The van der Waals surface area contributed by atoms with Crippen LogP contribution in [0, 0.1) is 11.7 Å². The number of rotatable bonds is 17. The lowest BCUT2D eigenvalue weighted by Crippen LogP contribution is -2.62. The Morgan fingerprint density at radius 2 is 1.00 bits per heavy atom. The molecular formula is C50H51FO5. The minimum Gasteiger partial charge on any atom is -0.382 e. The number of aryl methyl sites for hydroxylation is 1. The van der Waals surface area contributed by atoms with Gasteiger partial charge in [-0.05, 0) is 70.3 Å². The molecule has 6 heteroatoms. The molecule has 1 aliphatic rings. The van der Waals surface area contributed by atoms with Crippen molar-refractivity contribution in [3.05, 3.63) is 214 Å². The van der Waals surface area contributed by atoms with E-state index >= 15 is 4.39 Å². The highest BCUT2D eigenvalue weighted by Gasteiger charge is 2.56. The number of halogens is 1. The Kier molecular flexibility index (Phi) is 13.5. The van der Waals surface area contributed by atoms with Gasteiger partial charge in [-0.1, -0.05) is 159 Å². The van der Waals surface area contributed by atoms with Crippen molar-refractivity contribution in [2.75, 3.05) is 6.61 Å². The standard InChI is InChI=1S/C50H51FO5/c1-2-37-23-25-38(26-24-37)29-43-27-28-46(51)45(30-43)50(52)31-44(36-53-32-39-15-7-3-8-16-39)47(54-33-40-17-9-4-10-18-40)48(55-34-41-19-11-5-12-20-41)49(50)56-35-42-21-13-6-14-22-42/h3-28,30,44,47-49,52H,2,29,31-36H2,1H3/t44-,47-,48+,49-,50-/m1/s1. The smallest absolute Gasteiger partial charge is 0.129 e. The second-order valence-electron chi connectivity index (χ2n) is 14.8. The summed E-state index contributed by atoms with van der Waals surface area (Å²) in [6, 6.07) is 53.3. The summed E-state index contributed by atoms with van der Waals surface area (Å²) in [6.07, 6.45) is -0.722. The Labute approximate surface area is 330 Å². The van der Waals surface area contributed by atoms with Gasteiger partial charge in [-0.3, -0.25) is 0 Å². The van der Waals surface area contributed by atoms with Crippen molar-refractivity contribution in [2.45, 2.75) is 76.5 Å². The van der Waals surface area contributed by atoms with E-state index in [4.69, 9.17) is 18.9 Å². The SMILES string of the molecule is CCc1ccc(Cc2ccc(F)c([C@]3(O)C[C@H](COCc4ccccc4)[C@@H](OCc4ccccc4)[C@H](OCc4ccccc4)[C@H]3OCc3ccccc3)c2)cc1. The fourth-order valence-corrected chi connectivity index (χ4v) is 7.75. The Morgan fingerprint density at radius 3 is 1.54 bits per heavy atom. The van der Waals surface area contributed by atoms with Crippen LogP contribution in [0.5, 0.6) is 0 Å². The third-order valence-corrected chi connectivity index (χ3v) is 10.8. The van der Waals surface area contributed by atoms with Crippen LogP contribution in [0.1, 0.15) is 57.9 Å². The second-order valence-corrected chi connectivity index (χ2v) is 14.8. The molecule has 0 aliphatic heterocycles. The molecule has 0 radical (unpaired) electrons. The van der Waals surface area contributed by atoms with Gasteiger partial charge in [0.2, 0.25) is 0 Å². The highest BCUT2D eigenvalue weighted by atomic mass is 19.1. The van der Waals surface area contributed by atoms with Crippen LogP contribution < -0.4 is 0 Å². The molecule has 0 unspecified atom stereocenters. The van der Waals surface area contributed by atoms with Crippen LogP contribution in [0.2, 0.25) is 0 Å². The molecule has 0 spiro atoms. The summed E-state index contributed by atoms with van der Waals surface area (Å²) in [5.74, 6) is -0.894. The third kappa shape index (κ3) is 10.1. The van der Waals surface area contributed by atoms with Crippen molar-refractivity contribution in [1.82, 2.24) is 0 Å². The first-order valence-corrected chi connectivity index (χ1v) is 19.7. The van der Waals surface area contributed by atoms with Gasteiger partial charge in [-0.25, -0.2) is 4.39 Å². The van der Waals surface area contributed by atoms with Crippen LogP contribution in [0.3, 0.4) is 0 Å². The molecule has 1 N–H and O–H groups in total. The maximum absolute atomic E-state index is 16.5. The van der Waals surface area contributed by atoms with E-state index < -0.39 is 35.6 Å². The molecule has 6 aromatic rings. The van der Waals surface area contributed by atoms with E-state index in [1.165, 1.54) is 11.6 Å². The third-order valence-electron chi connectivity index (χ3n) is 10.8. The number of hydrogen-bond donors (Lipinski definition) is 1. The normalized spacial score (nSPS) is 20.8. The Balaban J connectivity index is 1.29. The van der Waals surface area contributed by atoms with Gasteiger partial charge in [0.25, 0.3) is 0 Å². The summed E-state index contributed by atoms with van der Waals surface area (Å²) in [5, 5.41) is 13.3. The van der Waals surface area contributed by atoms with Gasteiger partial charge < -0.3 is 24.1 Å². The summed E-state index contributed by atoms with van der Waals surface area (Å²) in [6.45, 7) is 3.51. The zero-order valence-electron chi connectivity index (χ0n) is 32.0. The van der Waals surface area contributed by atoms with Crippen molar-refractivity contribution < 1.29 is 28.4 Å². The molecule has 0 heterocycles. The van der Waals surface area contributed by atoms with Gasteiger partial charge in [-0.15, -0.1) is 0 Å². The largest absolute Gasteiger partial charge is 0.382 e. The van der Waals surface area contributed by atoms with Crippen LogP contribution >= 0.6 is 0 Å². The monoisotopic (exact) mass is 750 g/mol. The molecule has 0 saturated heterocycles. The van der Waals surface area contributed by atoms with Crippen LogP contribution in [-0.4, -0.2) is 30.0 Å². The van der Waals surface area contributed by atoms with E-state index in [0.717, 1.165) is 39.8 Å². The van der Waals surface area contributed by atoms with Gasteiger partial charge in [0.15, 0.2) is 0 Å². The van der Waals surface area contributed by atoms with Crippen molar-refractivity contribution in [2.24, 2.45) is 5.92 Å². The molecule has 1 aliphatic carbocycles. The average Bonchev–Trinajstić information content (AvgIpc) is 3.24. The van der Waals surface area contributed by atoms with E-state index in [0.29, 0.717) is 19.6 Å². The first-order valence-electron chi connectivity index (χ1n) is 19.7. The van der Waals surface area contributed by atoms with Crippen LogP contribution in [0.15, 0.2) is 164 Å². The van der Waals surface area contributed by atoms with Gasteiger partial charge in [-0.2, -0.15) is 0 Å². The summed E-state index contributed by atoms with van der Waals surface area (Å²) < 4.78 is 43.5. The quantitative estimate of drug-likeness (QED) is 0.101. The van der Waals surface area contributed by atoms with Crippen molar-refractivity contribution >= 4 is 0 Å². The van der Waals surface area contributed by atoms with E-state index in [9.17, 15) is 5.11 Å². The van der Waals surface area contributed by atoms with Crippen LogP contribution in [0.4, 0.5) is 4.39 Å². The first-order chi connectivity index (χ1) is 27.5. The van der Waals surface area contributed by atoms with Crippen LogP contribution in [0.25, 0.3) is 0 Å². The molecule has 6 aromatic carbocycles. The molecule has 1 saturated carbocycles. The minimum atomic E-state index is -1.81. The first kappa shape index (κ1) is 39.3. The lowest BCUT2D eigenvalue weighted by Gasteiger charge is -2.51. The highest BCUT2D eigenvalue weighted by Crippen LogP contribution is 2.46. The molecule has 288 valence electrons. The molecule has 0 aromatic heterocycles. The van der Waals surface area contributed by atoms with Crippen molar-refractivity contribution in [1.29, 1.82) is 0 Å². The highest BCUT2D eigenvalue weighted by molar-refractivity contribution is 5.36. The molecule has 0 amide bonds. The molecule has 56 heavy (non-hydrogen) atoms. The lowest BCUT2D eigenvalue weighted by molar-refractivity contribution is -0.261. The molecule has 1 fully saturated rings. The molecule has 5 nitrogen and oxygen atoms in total. The van der Waals surface area contributed by atoms with E-state index in [1.54, 1.807) is 6.07 Å². The second kappa shape index (κ2) is 19.3. The number of aliphatic hydroxyl groups is 1. The average molecular weight is 751 g/mol. The summed E-state index contributed by atoms with van der Waals surface area (Å²) in [4.78, 5) is 0. The lowest BCUT2D eigenvalue weighted by atomic mass is 9.69.